The highest BCUT2D eigenvalue weighted by molar-refractivity contribution is 5.84. The Hall–Kier alpha value is -1.90. The van der Waals surface area contributed by atoms with Crippen LogP contribution in [-0.4, -0.2) is 23.9 Å². The lowest BCUT2D eigenvalue weighted by atomic mass is 10.1. The highest BCUT2D eigenvalue weighted by Crippen LogP contribution is 2.24. The summed E-state index contributed by atoms with van der Waals surface area (Å²) in [5.41, 5.74) is 3.12. The third-order valence-electron chi connectivity index (χ3n) is 3.88. The summed E-state index contributed by atoms with van der Waals surface area (Å²) in [5.74, 6) is 0.154. The number of hydrogen-bond acceptors (Lipinski definition) is 3. The number of Topliss-reactive ketones (excluding diaryl/α,β-unsaturated/α-hetero) is 1. The van der Waals surface area contributed by atoms with Crippen molar-refractivity contribution in [1.29, 1.82) is 0 Å². The second-order valence-electron chi connectivity index (χ2n) is 5.61. The number of hydrogen-bond donors (Lipinski definition) is 0. The van der Waals surface area contributed by atoms with Crippen LogP contribution in [0.3, 0.4) is 0 Å². The first-order valence-electron chi connectivity index (χ1n) is 7.36. The van der Waals surface area contributed by atoms with Gasteiger partial charge in [-0.05, 0) is 50.5 Å². The lowest BCUT2D eigenvalue weighted by molar-refractivity contribution is -0.116. The number of pyridine rings is 1. The summed E-state index contributed by atoms with van der Waals surface area (Å²) in [6, 6.07) is 10.5. The molecular weight excluding hydrogens is 248 g/mol. The van der Waals surface area contributed by atoms with Gasteiger partial charge in [0.25, 0.3) is 0 Å². The Bertz CT molecular complexity index is 630. The maximum atomic E-state index is 11.2. The van der Waals surface area contributed by atoms with Gasteiger partial charge in [0, 0.05) is 36.3 Å². The van der Waals surface area contributed by atoms with Crippen LogP contribution in [0.25, 0.3) is 10.9 Å². The quantitative estimate of drug-likeness (QED) is 0.856. The van der Waals surface area contributed by atoms with Crippen molar-refractivity contribution < 1.29 is 4.79 Å². The number of nitrogens with zero attached hydrogens (tertiary/aromatic N) is 2. The number of carbonyl (C=O) groups excluding carboxylic acids is 1. The van der Waals surface area contributed by atoms with Crippen molar-refractivity contribution in [3.8, 4) is 0 Å². The van der Waals surface area contributed by atoms with Gasteiger partial charge < -0.3 is 4.90 Å². The van der Waals surface area contributed by atoms with Gasteiger partial charge in [0.2, 0.25) is 0 Å². The molecule has 0 atom stereocenters. The van der Waals surface area contributed by atoms with Crippen molar-refractivity contribution in [2.24, 2.45) is 0 Å². The topological polar surface area (TPSA) is 33.2 Å². The van der Waals surface area contributed by atoms with Crippen LogP contribution in [0.4, 0.5) is 5.69 Å². The molecule has 104 valence electrons. The Balaban J connectivity index is 1.89. The maximum Gasteiger partial charge on any atom is 0.135 e. The Labute approximate surface area is 119 Å². The molecule has 0 radical (unpaired) electrons. The molecule has 1 saturated heterocycles. The number of rotatable bonds is 3. The van der Waals surface area contributed by atoms with E-state index in [1.54, 1.807) is 6.92 Å². The molecule has 0 N–H and O–H groups in total. The lowest BCUT2D eigenvalue weighted by Crippen LogP contribution is -2.29. The molecule has 2 aromatic rings. The van der Waals surface area contributed by atoms with Crippen LogP contribution in [-0.2, 0) is 11.2 Å². The monoisotopic (exact) mass is 268 g/mol. The summed E-state index contributed by atoms with van der Waals surface area (Å²) < 4.78 is 0. The van der Waals surface area contributed by atoms with Gasteiger partial charge in [0.1, 0.15) is 5.78 Å². The molecule has 0 unspecified atom stereocenters. The Morgan fingerprint density at radius 3 is 2.70 bits per heavy atom. The van der Waals surface area contributed by atoms with E-state index in [2.05, 4.69) is 34.1 Å². The molecule has 1 fully saturated rings. The van der Waals surface area contributed by atoms with Gasteiger partial charge in [0.15, 0.2) is 0 Å². The Morgan fingerprint density at radius 1 is 1.15 bits per heavy atom. The first-order chi connectivity index (χ1) is 9.72. The van der Waals surface area contributed by atoms with E-state index in [0.29, 0.717) is 6.42 Å². The zero-order chi connectivity index (χ0) is 13.9. The molecule has 20 heavy (non-hydrogen) atoms. The summed E-state index contributed by atoms with van der Waals surface area (Å²) in [5, 5.41) is 1.15. The fraction of sp³-hybridized carbons (Fsp3) is 0.412. The fourth-order valence-electron chi connectivity index (χ4n) is 2.86. The minimum Gasteiger partial charge on any atom is -0.372 e. The fourth-order valence-corrected chi connectivity index (χ4v) is 2.86. The predicted octanol–water partition coefficient (Wildman–Crippen LogP) is 3.36. The molecule has 1 aliphatic heterocycles. The van der Waals surface area contributed by atoms with E-state index in [4.69, 9.17) is 0 Å². The van der Waals surface area contributed by atoms with Crippen molar-refractivity contribution in [3.63, 3.8) is 0 Å². The second-order valence-corrected chi connectivity index (χ2v) is 5.61. The normalized spacial score (nSPS) is 15.6. The van der Waals surface area contributed by atoms with Gasteiger partial charge in [-0.2, -0.15) is 0 Å². The number of aromatic nitrogens is 1. The van der Waals surface area contributed by atoms with E-state index in [1.165, 1.54) is 24.9 Å². The number of ketones is 1. The number of benzene rings is 1. The smallest absolute Gasteiger partial charge is 0.135 e. The first-order valence-corrected chi connectivity index (χ1v) is 7.36. The predicted molar refractivity (Wildman–Crippen MR) is 82.2 cm³/mol. The van der Waals surface area contributed by atoms with E-state index >= 15 is 0 Å². The summed E-state index contributed by atoms with van der Waals surface area (Å²) in [7, 11) is 0. The average Bonchev–Trinajstić information content (AvgIpc) is 2.47. The van der Waals surface area contributed by atoms with Gasteiger partial charge in [-0.1, -0.05) is 6.07 Å². The average molecular weight is 268 g/mol. The van der Waals surface area contributed by atoms with Crippen molar-refractivity contribution >= 4 is 22.4 Å². The maximum absolute atomic E-state index is 11.2. The highest BCUT2D eigenvalue weighted by atomic mass is 16.1. The Kier molecular flexibility index (Phi) is 3.68. The minimum absolute atomic E-state index is 0.154. The standard InChI is InChI=1S/C17H20N2O/c1-13(20)11-15-6-5-14-12-16(7-8-17(14)18-15)19-9-3-2-4-10-19/h5-8,12H,2-4,9-11H2,1H3. The van der Waals surface area contributed by atoms with Crippen LogP contribution in [0.5, 0.6) is 0 Å². The Morgan fingerprint density at radius 2 is 1.95 bits per heavy atom. The van der Waals surface area contributed by atoms with Crippen LogP contribution in [0, 0.1) is 0 Å². The summed E-state index contributed by atoms with van der Waals surface area (Å²) in [4.78, 5) is 18.2. The zero-order valence-corrected chi connectivity index (χ0v) is 11.9. The number of carbonyl (C=O) groups is 1. The number of piperidine rings is 1. The summed E-state index contributed by atoms with van der Waals surface area (Å²) >= 11 is 0. The van der Waals surface area contributed by atoms with Gasteiger partial charge in [0.05, 0.1) is 5.52 Å². The van der Waals surface area contributed by atoms with E-state index in [-0.39, 0.29) is 5.78 Å². The van der Waals surface area contributed by atoms with E-state index in [9.17, 15) is 4.79 Å². The lowest BCUT2D eigenvalue weighted by Gasteiger charge is -2.29. The second kappa shape index (κ2) is 5.61. The van der Waals surface area contributed by atoms with Crippen molar-refractivity contribution in [2.75, 3.05) is 18.0 Å². The molecule has 3 heteroatoms. The molecule has 0 spiro atoms. The summed E-state index contributed by atoms with van der Waals surface area (Å²) in [6.07, 6.45) is 4.34. The molecule has 1 aromatic heterocycles. The minimum atomic E-state index is 0.154. The number of anilines is 1. The van der Waals surface area contributed by atoms with Gasteiger partial charge in [-0.3, -0.25) is 9.78 Å². The molecule has 3 nitrogen and oxygen atoms in total. The molecule has 2 heterocycles. The van der Waals surface area contributed by atoms with Crippen LogP contribution >= 0.6 is 0 Å². The van der Waals surface area contributed by atoms with Gasteiger partial charge >= 0.3 is 0 Å². The highest BCUT2D eigenvalue weighted by Gasteiger charge is 2.11. The zero-order valence-electron chi connectivity index (χ0n) is 11.9. The largest absolute Gasteiger partial charge is 0.372 e. The van der Waals surface area contributed by atoms with Gasteiger partial charge in [-0.15, -0.1) is 0 Å². The van der Waals surface area contributed by atoms with Crippen LogP contribution in [0.1, 0.15) is 31.9 Å². The van der Waals surface area contributed by atoms with Crippen molar-refractivity contribution in [1.82, 2.24) is 4.98 Å². The molecule has 0 saturated carbocycles. The van der Waals surface area contributed by atoms with E-state index < -0.39 is 0 Å². The molecular formula is C17H20N2O. The summed E-state index contributed by atoms with van der Waals surface area (Å²) in [6.45, 7) is 3.91. The third-order valence-corrected chi connectivity index (χ3v) is 3.88. The van der Waals surface area contributed by atoms with Crippen molar-refractivity contribution in [2.45, 2.75) is 32.6 Å². The van der Waals surface area contributed by atoms with E-state index in [0.717, 1.165) is 29.7 Å². The first kappa shape index (κ1) is 13.1. The molecule has 1 aliphatic rings. The van der Waals surface area contributed by atoms with Crippen LogP contribution in [0.15, 0.2) is 30.3 Å². The molecule has 0 aliphatic carbocycles. The SMILES string of the molecule is CC(=O)Cc1ccc2cc(N3CCCCC3)ccc2n1. The molecule has 1 aromatic carbocycles. The van der Waals surface area contributed by atoms with Crippen molar-refractivity contribution in [3.05, 3.63) is 36.0 Å². The van der Waals surface area contributed by atoms with Gasteiger partial charge in [-0.25, -0.2) is 0 Å². The molecule has 0 amide bonds. The molecule has 0 bridgehead atoms. The third kappa shape index (κ3) is 2.82. The molecule has 3 rings (SSSR count). The van der Waals surface area contributed by atoms with E-state index in [1.807, 2.05) is 6.07 Å². The van der Waals surface area contributed by atoms with Crippen LogP contribution < -0.4 is 4.90 Å². The number of fused-ring (bicyclic) bond motifs is 1. The van der Waals surface area contributed by atoms with Crippen LogP contribution in [0.2, 0.25) is 0 Å².